The van der Waals surface area contributed by atoms with E-state index in [2.05, 4.69) is 5.32 Å². The Labute approximate surface area is 128 Å². The molecule has 1 aliphatic rings. The van der Waals surface area contributed by atoms with E-state index in [-0.39, 0.29) is 18.4 Å². The summed E-state index contributed by atoms with van der Waals surface area (Å²) in [5.74, 6) is -0.345. The summed E-state index contributed by atoms with van der Waals surface area (Å²) in [6, 6.07) is 6.19. The van der Waals surface area contributed by atoms with Gasteiger partial charge in [0.25, 0.3) is 5.91 Å². The molecule has 2 rings (SSSR count). The number of hydrogen-bond acceptors (Lipinski definition) is 3. The Bertz CT molecular complexity index is 559. The Morgan fingerprint density at radius 2 is 1.86 bits per heavy atom. The average molecular weight is 311 g/mol. The molecule has 21 heavy (non-hydrogen) atoms. The van der Waals surface area contributed by atoms with E-state index in [4.69, 9.17) is 11.6 Å². The van der Waals surface area contributed by atoms with Gasteiger partial charge in [-0.25, -0.2) is 4.79 Å². The molecule has 2 atom stereocenters. The molecule has 1 saturated heterocycles. The number of benzene rings is 1. The molecule has 2 N–H and O–H groups in total. The third kappa shape index (κ3) is 2.89. The number of amides is 3. The van der Waals surface area contributed by atoms with E-state index in [1.807, 2.05) is 13.8 Å². The van der Waals surface area contributed by atoms with E-state index in [0.29, 0.717) is 10.6 Å². The van der Waals surface area contributed by atoms with Crippen molar-refractivity contribution in [1.29, 1.82) is 0 Å². The van der Waals surface area contributed by atoms with Crippen molar-refractivity contribution in [3.63, 3.8) is 0 Å². The smallest absolute Gasteiger partial charge is 0.325 e. The van der Waals surface area contributed by atoms with Crippen molar-refractivity contribution in [2.75, 3.05) is 6.54 Å². The maximum Gasteiger partial charge on any atom is 0.325 e. The van der Waals surface area contributed by atoms with Crippen LogP contribution in [0.5, 0.6) is 0 Å². The molecule has 0 unspecified atom stereocenters. The van der Waals surface area contributed by atoms with Crippen molar-refractivity contribution >= 4 is 23.5 Å². The molecule has 0 aliphatic carbocycles. The molecule has 1 fully saturated rings. The summed E-state index contributed by atoms with van der Waals surface area (Å²) in [6.45, 7) is 5.37. The van der Waals surface area contributed by atoms with Gasteiger partial charge < -0.3 is 10.4 Å². The second kappa shape index (κ2) is 5.66. The monoisotopic (exact) mass is 310 g/mol. The predicted octanol–water partition coefficient (Wildman–Crippen LogP) is 2.34. The lowest BCUT2D eigenvalue weighted by Gasteiger charge is -2.26. The highest BCUT2D eigenvalue weighted by molar-refractivity contribution is 6.30. The number of aliphatic hydroxyl groups is 1. The van der Waals surface area contributed by atoms with E-state index in [1.165, 1.54) is 0 Å². The van der Waals surface area contributed by atoms with E-state index in [0.717, 1.165) is 4.90 Å². The van der Waals surface area contributed by atoms with Gasteiger partial charge >= 0.3 is 6.03 Å². The number of β-amino-alcohol motifs (C(OH)–C–C–N with tert-alkyl or cyclic N) is 1. The van der Waals surface area contributed by atoms with E-state index in [9.17, 15) is 14.7 Å². The molecule has 0 bridgehead atoms. The number of imide groups is 1. The van der Waals surface area contributed by atoms with Gasteiger partial charge in [-0.15, -0.1) is 0 Å². The first kappa shape index (κ1) is 15.8. The minimum absolute atomic E-state index is 0.0355. The summed E-state index contributed by atoms with van der Waals surface area (Å²) in [7, 11) is 0. The van der Waals surface area contributed by atoms with Crippen molar-refractivity contribution < 1.29 is 14.7 Å². The first-order chi connectivity index (χ1) is 9.75. The zero-order valence-electron chi connectivity index (χ0n) is 12.3. The molecule has 0 saturated carbocycles. The summed E-state index contributed by atoms with van der Waals surface area (Å²) < 4.78 is 0. The molecular weight excluding hydrogens is 292 g/mol. The molecule has 5 nitrogen and oxygen atoms in total. The van der Waals surface area contributed by atoms with Crippen LogP contribution in [0.2, 0.25) is 5.02 Å². The van der Waals surface area contributed by atoms with Crippen molar-refractivity contribution in [3.05, 3.63) is 34.9 Å². The number of hydrogen-bond donors (Lipinski definition) is 2. The van der Waals surface area contributed by atoms with Crippen LogP contribution in [0, 0.1) is 5.92 Å². The van der Waals surface area contributed by atoms with Gasteiger partial charge in [-0.05, 0) is 30.5 Å². The minimum atomic E-state index is -0.938. The fourth-order valence-corrected chi connectivity index (χ4v) is 2.36. The van der Waals surface area contributed by atoms with Crippen LogP contribution < -0.4 is 5.32 Å². The van der Waals surface area contributed by atoms with E-state index in [1.54, 1.807) is 31.2 Å². The first-order valence-corrected chi connectivity index (χ1v) is 7.21. The molecule has 6 heteroatoms. The fourth-order valence-electron chi connectivity index (χ4n) is 2.24. The number of carbonyl (C=O) groups excluding carboxylic acids is 2. The van der Waals surface area contributed by atoms with Gasteiger partial charge in [0.05, 0.1) is 12.6 Å². The topological polar surface area (TPSA) is 69.6 Å². The number of halogens is 1. The summed E-state index contributed by atoms with van der Waals surface area (Å²) >= 11 is 5.79. The molecule has 1 heterocycles. The molecule has 0 aromatic heterocycles. The molecule has 0 spiro atoms. The third-order valence-electron chi connectivity index (χ3n) is 4.07. The van der Waals surface area contributed by atoms with Gasteiger partial charge in [0, 0.05) is 5.02 Å². The van der Waals surface area contributed by atoms with Crippen LogP contribution in [0.3, 0.4) is 0 Å². The third-order valence-corrected chi connectivity index (χ3v) is 4.32. The Morgan fingerprint density at radius 1 is 1.29 bits per heavy atom. The van der Waals surface area contributed by atoms with Gasteiger partial charge in [-0.2, -0.15) is 0 Å². The number of aliphatic hydroxyl groups excluding tert-OH is 1. The van der Waals surface area contributed by atoms with Crippen LogP contribution in [0.1, 0.15) is 32.4 Å². The maximum atomic E-state index is 12.4. The van der Waals surface area contributed by atoms with Crippen molar-refractivity contribution in [2.45, 2.75) is 32.4 Å². The number of nitrogens with zero attached hydrogens (tertiary/aromatic N) is 1. The van der Waals surface area contributed by atoms with Crippen molar-refractivity contribution in [3.8, 4) is 0 Å². The quantitative estimate of drug-likeness (QED) is 0.839. The maximum absolute atomic E-state index is 12.4. The van der Waals surface area contributed by atoms with Crippen LogP contribution in [0.4, 0.5) is 4.79 Å². The van der Waals surface area contributed by atoms with Gasteiger partial charge in [0.1, 0.15) is 5.54 Å². The SMILES string of the molecule is CC(C)[C@@]1(C)NC(=O)N(C[C@H](O)c2ccc(Cl)cc2)C1=O. The lowest BCUT2D eigenvalue weighted by atomic mass is 9.88. The van der Waals surface area contributed by atoms with Crippen LogP contribution in [0.15, 0.2) is 24.3 Å². The summed E-state index contributed by atoms with van der Waals surface area (Å²) in [5.41, 5.74) is -0.310. The Morgan fingerprint density at radius 3 is 2.33 bits per heavy atom. The van der Waals surface area contributed by atoms with Crippen molar-refractivity contribution in [2.24, 2.45) is 5.92 Å². The van der Waals surface area contributed by atoms with Gasteiger partial charge in [0.2, 0.25) is 0 Å². The molecule has 0 radical (unpaired) electrons. The van der Waals surface area contributed by atoms with E-state index >= 15 is 0 Å². The van der Waals surface area contributed by atoms with Gasteiger partial charge in [-0.1, -0.05) is 37.6 Å². The average Bonchev–Trinajstić information content (AvgIpc) is 2.64. The zero-order chi connectivity index (χ0) is 15.8. The molecule has 1 aromatic carbocycles. The second-order valence-electron chi connectivity index (χ2n) is 5.77. The Kier molecular flexibility index (Phi) is 4.25. The molecule has 3 amide bonds. The molecular formula is C15H19ClN2O3. The van der Waals surface area contributed by atoms with E-state index < -0.39 is 17.7 Å². The lowest BCUT2D eigenvalue weighted by Crippen LogP contribution is -2.48. The highest BCUT2D eigenvalue weighted by Gasteiger charge is 2.49. The van der Waals surface area contributed by atoms with Crippen molar-refractivity contribution in [1.82, 2.24) is 10.2 Å². The normalized spacial score (nSPS) is 23.6. The van der Waals surface area contributed by atoms with Gasteiger partial charge in [0.15, 0.2) is 0 Å². The highest BCUT2D eigenvalue weighted by atomic mass is 35.5. The molecule has 1 aromatic rings. The van der Waals surface area contributed by atoms with Crippen LogP contribution in [-0.2, 0) is 4.79 Å². The lowest BCUT2D eigenvalue weighted by molar-refractivity contribution is -0.133. The molecule has 114 valence electrons. The summed E-state index contributed by atoms with van der Waals surface area (Å²) in [6.07, 6.45) is -0.938. The van der Waals surface area contributed by atoms with Gasteiger partial charge in [-0.3, -0.25) is 9.69 Å². The van der Waals surface area contributed by atoms with Crippen LogP contribution in [-0.4, -0.2) is 34.0 Å². The second-order valence-corrected chi connectivity index (χ2v) is 6.21. The zero-order valence-corrected chi connectivity index (χ0v) is 13.0. The first-order valence-electron chi connectivity index (χ1n) is 6.83. The van der Waals surface area contributed by atoms with Crippen LogP contribution >= 0.6 is 11.6 Å². The fraction of sp³-hybridized carbons (Fsp3) is 0.467. The standard InChI is InChI=1S/C15H19ClN2O3/c1-9(2)15(3)13(20)18(14(21)17-15)8-12(19)10-4-6-11(16)7-5-10/h4-7,9,12,19H,8H2,1-3H3,(H,17,21)/t12-,15+/m0/s1. The minimum Gasteiger partial charge on any atom is -0.387 e. The largest absolute Gasteiger partial charge is 0.387 e. The number of nitrogens with one attached hydrogen (secondary N) is 1. The summed E-state index contributed by atoms with van der Waals surface area (Å²) in [4.78, 5) is 25.5. The highest BCUT2D eigenvalue weighted by Crippen LogP contribution is 2.27. The molecule has 1 aliphatic heterocycles. The predicted molar refractivity (Wildman–Crippen MR) is 79.9 cm³/mol. The summed E-state index contributed by atoms with van der Waals surface area (Å²) in [5, 5.41) is 13.5. The number of urea groups is 1. The number of rotatable bonds is 4. The van der Waals surface area contributed by atoms with Crippen LogP contribution in [0.25, 0.3) is 0 Å². The Balaban J connectivity index is 2.14. The number of carbonyl (C=O) groups is 2. The Hall–Kier alpha value is -1.59.